The summed E-state index contributed by atoms with van der Waals surface area (Å²) in [6, 6.07) is 4.03. The van der Waals surface area contributed by atoms with Gasteiger partial charge in [0.1, 0.15) is 12.3 Å². The summed E-state index contributed by atoms with van der Waals surface area (Å²) in [5, 5.41) is 2.21. The molecule has 1 aliphatic rings. The Hall–Kier alpha value is -0.930. The van der Waals surface area contributed by atoms with Gasteiger partial charge >= 0.3 is 0 Å². The van der Waals surface area contributed by atoms with Gasteiger partial charge in [0.15, 0.2) is 0 Å². The molecule has 1 aromatic rings. The third kappa shape index (κ3) is 5.70. The average molecular weight is 283 g/mol. The highest BCUT2D eigenvalue weighted by Crippen LogP contribution is 2.24. The molecule has 0 radical (unpaired) electrons. The Kier molecular flexibility index (Phi) is 7.68. The quantitative estimate of drug-likeness (QED) is 0.659. The molecule has 0 saturated heterocycles. The molecule has 1 aromatic heterocycles. The third-order valence-corrected chi connectivity index (χ3v) is 3.76. The number of nitrogens with two attached hydrogens (primary N) is 1. The second-order valence-corrected chi connectivity index (χ2v) is 5.19. The van der Waals surface area contributed by atoms with Gasteiger partial charge in [0.05, 0.1) is 13.0 Å². The van der Waals surface area contributed by atoms with E-state index in [0.29, 0.717) is 11.7 Å². The zero-order chi connectivity index (χ0) is 12.6. The zero-order valence-electron chi connectivity index (χ0n) is 11.4. The van der Waals surface area contributed by atoms with Gasteiger partial charge in [-0.2, -0.15) is 0 Å². The summed E-state index contributed by atoms with van der Waals surface area (Å²) in [7, 11) is 0. The normalized spacial score (nSPS) is 15.8. The maximum atomic E-state index is 12.0. The maximum absolute atomic E-state index is 12.0. The fourth-order valence-corrected chi connectivity index (χ4v) is 2.66. The van der Waals surface area contributed by atoms with Crippen LogP contribution in [0.15, 0.2) is 24.5 Å². The van der Waals surface area contributed by atoms with Gasteiger partial charge < -0.3 is 17.7 Å². The average Bonchev–Trinajstić information content (AvgIpc) is 2.45. The predicted molar refractivity (Wildman–Crippen MR) is 70.9 cm³/mol. The Balaban J connectivity index is 0.00000180. The van der Waals surface area contributed by atoms with Gasteiger partial charge in [-0.25, -0.2) is 0 Å². The second-order valence-electron chi connectivity index (χ2n) is 5.19. The SMILES string of the molecule is O=C(CC[NH2+]Cc1cccnc1)C1CCCCC1.[Cl-]. The van der Waals surface area contributed by atoms with Crippen molar-refractivity contribution in [1.29, 1.82) is 0 Å². The molecule has 1 heterocycles. The molecule has 106 valence electrons. The van der Waals surface area contributed by atoms with Crippen LogP contribution in [0, 0.1) is 5.92 Å². The van der Waals surface area contributed by atoms with Gasteiger partial charge in [0, 0.05) is 23.9 Å². The van der Waals surface area contributed by atoms with Crippen LogP contribution in [0.4, 0.5) is 0 Å². The van der Waals surface area contributed by atoms with Crippen molar-refractivity contribution in [3.05, 3.63) is 30.1 Å². The molecule has 2 N–H and O–H groups in total. The number of pyridine rings is 1. The number of hydrogen-bond acceptors (Lipinski definition) is 2. The van der Waals surface area contributed by atoms with Gasteiger partial charge in [-0.15, -0.1) is 0 Å². The number of ketones is 1. The van der Waals surface area contributed by atoms with Gasteiger partial charge in [-0.3, -0.25) is 9.78 Å². The van der Waals surface area contributed by atoms with Crippen molar-refractivity contribution in [2.75, 3.05) is 6.54 Å². The highest BCUT2D eigenvalue weighted by Gasteiger charge is 2.20. The van der Waals surface area contributed by atoms with Crippen LogP contribution in [-0.2, 0) is 11.3 Å². The largest absolute Gasteiger partial charge is 1.00 e. The van der Waals surface area contributed by atoms with E-state index < -0.39 is 0 Å². The van der Waals surface area contributed by atoms with Crippen molar-refractivity contribution in [3.63, 3.8) is 0 Å². The van der Waals surface area contributed by atoms with E-state index in [2.05, 4.69) is 16.4 Å². The Morgan fingerprint density at radius 1 is 1.32 bits per heavy atom. The van der Waals surface area contributed by atoms with Crippen molar-refractivity contribution < 1.29 is 22.5 Å². The minimum Gasteiger partial charge on any atom is -1.00 e. The Morgan fingerprint density at radius 2 is 2.11 bits per heavy atom. The van der Waals surface area contributed by atoms with Gasteiger partial charge in [0.25, 0.3) is 0 Å². The first-order valence-corrected chi connectivity index (χ1v) is 7.09. The number of carbonyl (C=O) groups excluding carboxylic acids is 1. The number of aromatic nitrogens is 1. The lowest BCUT2D eigenvalue weighted by Crippen LogP contribution is -3.00. The second kappa shape index (κ2) is 9.05. The van der Waals surface area contributed by atoms with Gasteiger partial charge in [-0.1, -0.05) is 25.3 Å². The molecule has 1 fully saturated rings. The molecular formula is C15H23ClN2O. The smallest absolute Gasteiger partial charge is 0.141 e. The first kappa shape index (κ1) is 16.1. The Bertz CT molecular complexity index is 364. The summed E-state index contributed by atoms with van der Waals surface area (Å²) in [4.78, 5) is 16.1. The number of rotatable bonds is 6. The van der Waals surface area contributed by atoms with Gasteiger partial charge in [0.2, 0.25) is 0 Å². The summed E-state index contributed by atoms with van der Waals surface area (Å²) < 4.78 is 0. The number of quaternary nitrogens is 1. The Labute approximate surface area is 121 Å². The molecule has 1 saturated carbocycles. The maximum Gasteiger partial charge on any atom is 0.141 e. The summed E-state index contributed by atoms with van der Waals surface area (Å²) in [6.45, 7) is 1.83. The van der Waals surface area contributed by atoms with Crippen LogP contribution in [0.25, 0.3) is 0 Å². The van der Waals surface area contributed by atoms with Crippen LogP contribution in [0.3, 0.4) is 0 Å². The lowest BCUT2D eigenvalue weighted by Gasteiger charge is -2.19. The third-order valence-electron chi connectivity index (χ3n) is 3.76. The minimum atomic E-state index is 0. The molecule has 3 nitrogen and oxygen atoms in total. The van der Waals surface area contributed by atoms with Crippen LogP contribution in [0.5, 0.6) is 0 Å². The summed E-state index contributed by atoms with van der Waals surface area (Å²) >= 11 is 0. The van der Waals surface area contributed by atoms with Crippen molar-refractivity contribution in [2.24, 2.45) is 5.92 Å². The molecule has 19 heavy (non-hydrogen) atoms. The van der Waals surface area contributed by atoms with E-state index >= 15 is 0 Å². The van der Waals surface area contributed by atoms with Crippen LogP contribution >= 0.6 is 0 Å². The van der Waals surface area contributed by atoms with Crippen LogP contribution in [-0.4, -0.2) is 17.3 Å². The zero-order valence-corrected chi connectivity index (χ0v) is 12.1. The molecule has 0 aliphatic heterocycles. The lowest BCUT2D eigenvalue weighted by atomic mass is 9.85. The first-order valence-electron chi connectivity index (χ1n) is 7.09. The fourth-order valence-electron chi connectivity index (χ4n) is 2.66. The number of hydrogen-bond donors (Lipinski definition) is 1. The minimum absolute atomic E-state index is 0. The Morgan fingerprint density at radius 3 is 2.79 bits per heavy atom. The van der Waals surface area contributed by atoms with Crippen molar-refractivity contribution in [2.45, 2.75) is 45.1 Å². The highest BCUT2D eigenvalue weighted by atomic mass is 35.5. The molecule has 2 rings (SSSR count). The highest BCUT2D eigenvalue weighted by molar-refractivity contribution is 5.81. The van der Waals surface area contributed by atoms with Crippen molar-refractivity contribution in [3.8, 4) is 0 Å². The van der Waals surface area contributed by atoms with E-state index in [-0.39, 0.29) is 12.4 Å². The monoisotopic (exact) mass is 282 g/mol. The molecule has 0 unspecified atom stereocenters. The van der Waals surface area contributed by atoms with Crippen LogP contribution in [0.2, 0.25) is 0 Å². The molecule has 0 amide bonds. The molecule has 0 aromatic carbocycles. The van der Waals surface area contributed by atoms with Crippen molar-refractivity contribution in [1.82, 2.24) is 4.98 Å². The van der Waals surface area contributed by atoms with E-state index in [0.717, 1.165) is 32.4 Å². The number of carbonyl (C=O) groups is 1. The van der Waals surface area contributed by atoms with E-state index in [1.165, 1.54) is 24.8 Å². The van der Waals surface area contributed by atoms with Crippen LogP contribution < -0.4 is 17.7 Å². The molecule has 0 atom stereocenters. The lowest BCUT2D eigenvalue weighted by molar-refractivity contribution is -0.669. The number of halogens is 1. The standard InChI is InChI=1S/C15H22N2O.ClH/c18-15(14-6-2-1-3-7-14)8-10-17-12-13-5-4-9-16-11-13;/h4-5,9,11,14,17H,1-3,6-8,10,12H2;1H. The molecular weight excluding hydrogens is 260 g/mol. The summed E-state index contributed by atoms with van der Waals surface area (Å²) in [5.41, 5.74) is 1.22. The fraction of sp³-hybridized carbons (Fsp3) is 0.600. The molecule has 0 bridgehead atoms. The number of Topliss-reactive ketones (excluding diaryl/α,β-unsaturated/α-hetero) is 1. The predicted octanol–water partition coefficient (Wildman–Crippen LogP) is -1.31. The first-order chi connectivity index (χ1) is 8.86. The van der Waals surface area contributed by atoms with E-state index in [1.807, 2.05) is 12.3 Å². The number of nitrogens with zero attached hydrogens (tertiary/aromatic N) is 1. The topological polar surface area (TPSA) is 46.6 Å². The van der Waals surface area contributed by atoms with E-state index in [9.17, 15) is 4.79 Å². The molecule has 0 spiro atoms. The summed E-state index contributed by atoms with van der Waals surface area (Å²) in [5.74, 6) is 0.850. The molecule has 1 aliphatic carbocycles. The van der Waals surface area contributed by atoms with E-state index in [1.54, 1.807) is 6.20 Å². The van der Waals surface area contributed by atoms with E-state index in [4.69, 9.17) is 0 Å². The van der Waals surface area contributed by atoms with Crippen LogP contribution in [0.1, 0.15) is 44.1 Å². The molecule has 4 heteroatoms. The van der Waals surface area contributed by atoms with Gasteiger partial charge in [-0.05, 0) is 18.9 Å². The van der Waals surface area contributed by atoms with Crippen molar-refractivity contribution >= 4 is 5.78 Å². The summed E-state index contributed by atoms with van der Waals surface area (Å²) in [6.07, 6.45) is 10.5.